The van der Waals surface area contributed by atoms with E-state index in [4.69, 9.17) is 4.74 Å². The summed E-state index contributed by atoms with van der Waals surface area (Å²) in [7, 11) is 0. The molecule has 1 aliphatic rings. The number of aryl methyl sites for hydroxylation is 1. The zero-order valence-electron chi connectivity index (χ0n) is 13.5. The summed E-state index contributed by atoms with van der Waals surface area (Å²) in [4.78, 5) is 25.5. The molecule has 22 heavy (non-hydrogen) atoms. The summed E-state index contributed by atoms with van der Waals surface area (Å²) in [6, 6.07) is 5.79. The highest BCUT2D eigenvalue weighted by Gasteiger charge is 2.22. The van der Waals surface area contributed by atoms with Crippen molar-refractivity contribution in [3.05, 3.63) is 29.3 Å². The minimum absolute atomic E-state index is 0.0532. The quantitative estimate of drug-likeness (QED) is 0.908. The average molecular weight is 304 g/mol. The van der Waals surface area contributed by atoms with Gasteiger partial charge in [-0.15, -0.1) is 0 Å². The third-order valence-corrected chi connectivity index (χ3v) is 4.11. The van der Waals surface area contributed by atoms with Crippen LogP contribution in [0.2, 0.25) is 0 Å². The van der Waals surface area contributed by atoms with Crippen LogP contribution < -0.4 is 5.32 Å². The van der Waals surface area contributed by atoms with Crippen molar-refractivity contribution in [3.8, 4) is 0 Å². The maximum absolute atomic E-state index is 12.2. The molecule has 0 spiro atoms. The van der Waals surface area contributed by atoms with Gasteiger partial charge >= 0.3 is 0 Å². The van der Waals surface area contributed by atoms with Gasteiger partial charge in [0.05, 0.1) is 12.6 Å². The van der Waals surface area contributed by atoms with E-state index in [0.29, 0.717) is 6.54 Å². The number of benzene rings is 1. The lowest BCUT2D eigenvalue weighted by Gasteiger charge is -2.23. The van der Waals surface area contributed by atoms with E-state index in [9.17, 15) is 9.59 Å². The van der Waals surface area contributed by atoms with Crippen LogP contribution in [0.15, 0.2) is 18.2 Å². The molecule has 1 unspecified atom stereocenters. The fourth-order valence-electron chi connectivity index (χ4n) is 2.59. The highest BCUT2D eigenvalue weighted by molar-refractivity contribution is 5.95. The van der Waals surface area contributed by atoms with E-state index in [0.717, 1.165) is 36.3 Å². The topological polar surface area (TPSA) is 58.6 Å². The van der Waals surface area contributed by atoms with Crippen LogP contribution in [-0.4, -0.2) is 42.5 Å². The van der Waals surface area contributed by atoms with Crippen molar-refractivity contribution >= 4 is 17.5 Å². The molecule has 0 radical (unpaired) electrons. The maximum atomic E-state index is 12.2. The van der Waals surface area contributed by atoms with E-state index in [1.165, 1.54) is 6.92 Å². The number of carbonyl (C=O) groups excluding carboxylic acids is 2. The summed E-state index contributed by atoms with van der Waals surface area (Å²) in [5.74, 6) is -0.284. The lowest BCUT2D eigenvalue weighted by atomic mass is 10.1. The predicted molar refractivity (Wildman–Crippen MR) is 85.8 cm³/mol. The van der Waals surface area contributed by atoms with Gasteiger partial charge in [-0.3, -0.25) is 9.59 Å². The van der Waals surface area contributed by atoms with Crippen molar-refractivity contribution in [3.63, 3.8) is 0 Å². The lowest BCUT2D eigenvalue weighted by molar-refractivity contribution is -0.134. The molecule has 0 saturated carbocycles. The first-order valence-corrected chi connectivity index (χ1v) is 7.70. The average Bonchev–Trinajstić information content (AvgIpc) is 2.96. The molecule has 5 nitrogen and oxygen atoms in total. The molecule has 120 valence electrons. The number of hydrogen-bond donors (Lipinski definition) is 1. The molecule has 1 saturated heterocycles. The normalized spacial score (nSPS) is 17.3. The number of carbonyl (C=O) groups is 2. The molecule has 1 atom stereocenters. The number of nitrogens with zero attached hydrogens (tertiary/aromatic N) is 1. The number of anilines is 1. The minimum atomic E-state index is -0.179. The third-order valence-electron chi connectivity index (χ3n) is 4.11. The minimum Gasteiger partial charge on any atom is -0.376 e. The van der Waals surface area contributed by atoms with Gasteiger partial charge in [0.2, 0.25) is 11.8 Å². The Morgan fingerprint density at radius 2 is 2.14 bits per heavy atom. The second-order valence-electron chi connectivity index (χ2n) is 5.83. The molecule has 1 N–H and O–H groups in total. The Morgan fingerprint density at radius 3 is 2.77 bits per heavy atom. The number of amides is 2. The highest BCUT2D eigenvalue weighted by Crippen LogP contribution is 2.18. The molecule has 0 bridgehead atoms. The zero-order chi connectivity index (χ0) is 16.1. The molecule has 2 amide bonds. The van der Waals surface area contributed by atoms with Gasteiger partial charge in [0, 0.05) is 25.8 Å². The summed E-state index contributed by atoms with van der Waals surface area (Å²) in [6.45, 7) is 6.74. The van der Waals surface area contributed by atoms with Gasteiger partial charge in [-0.1, -0.05) is 12.1 Å². The fraction of sp³-hybridized carbons (Fsp3) is 0.529. The Balaban J connectivity index is 1.95. The second kappa shape index (κ2) is 7.40. The third kappa shape index (κ3) is 4.31. The van der Waals surface area contributed by atoms with Gasteiger partial charge in [0.15, 0.2) is 0 Å². The second-order valence-corrected chi connectivity index (χ2v) is 5.83. The van der Waals surface area contributed by atoms with Crippen LogP contribution in [0, 0.1) is 13.8 Å². The molecular weight excluding hydrogens is 280 g/mol. The molecule has 0 aromatic heterocycles. The molecule has 1 aliphatic heterocycles. The van der Waals surface area contributed by atoms with Crippen LogP contribution in [0.5, 0.6) is 0 Å². The first-order chi connectivity index (χ1) is 10.5. The van der Waals surface area contributed by atoms with Crippen molar-refractivity contribution in [2.45, 2.75) is 39.7 Å². The van der Waals surface area contributed by atoms with E-state index < -0.39 is 0 Å². The van der Waals surface area contributed by atoms with Crippen LogP contribution >= 0.6 is 0 Å². The van der Waals surface area contributed by atoms with E-state index in [1.54, 1.807) is 4.90 Å². The Kier molecular flexibility index (Phi) is 5.55. The van der Waals surface area contributed by atoms with Gasteiger partial charge in [-0.2, -0.15) is 0 Å². The van der Waals surface area contributed by atoms with E-state index in [2.05, 4.69) is 5.32 Å². The van der Waals surface area contributed by atoms with Crippen LogP contribution in [-0.2, 0) is 14.3 Å². The molecule has 0 aliphatic carbocycles. The number of hydrogen-bond acceptors (Lipinski definition) is 3. The van der Waals surface area contributed by atoms with Crippen molar-refractivity contribution in [2.75, 3.05) is 25.0 Å². The van der Waals surface area contributed by atoms with Crippen LogP contribution in [0.3, 0.4) is 0 Å². The Morgan fingerprint density at radius 1 is 1.36 bits per heavy atom. The highest BCUT2D eigenvalue weighted by atomic mass is 16.5. The number of ether oxygens (including phenoxy) is 1. The molecule has 1 aromatic carbocycles. The predicted octanol–water partition coefficient (Wildman–Crippen LogP) is 2.27. The molecule has 1 heterocycles. The van der Waals surface area contributed by atoms with Crippen LogP contribution in [0.4, 0.5) is 5.69 Å². The summed E-state index contributed by atoms with van der Waals surface area (Å²) in [5, 5.41) is 2.89. The summed E-state index contributed by atoms with van der Waals surface area (Å²) in [6.07, 6.45) is 2.02. The van der Waals surface area contributed by atoms with Gasteiger partial charge in [0.25, 0.3) is 0 Å². The first kappa shape index (κ1) is 16.5. The van der Waals surface area contributed by atoms with Crippen molar-refractivity contribution in [2.24, 2.45) is 0 Å². The molecule has 1 aromatic rings. The number of rotatable bonds is 5. The smallest absolute Gasteiger partial charge is 0.244 e. The molecule has 2 rings (SSSR count). The van der Waals surface area contributed by atoms with Gasteiger partial charge in [-0.25, -0.2) is 0 Å². The van der Waals surface area contributed by atoms with E-state index in [1.807, 2.05) is 32.0 Å². The van der Waals surface area contributed by atoms with E-state index in [-0.39, 0.29) is 24.5 Å². The lowest BCUT2D eigenvalue weighted by Crippen LogP contribution is -2.41. The van der Waals surface area contributed by atoms with Crippen molar-refractivity contribution in [1.82, 2.24) is 4.90 Å². The van der Waals surface area contributed by atoms with Gasteiger partial charge in [-0.05, 0) is 43.9 Å². The maximum Gasteiger partial charge on any atom is 0.244 e. The van der Waals surface area contributed by atoms with Gasteiger partial charge in [0.1, 0.15) is 0 Å². The zero-order valence-corrected chi connectivity index (χ0v) is 13.5. The van der Waals surface area contributed by atoms with Crippen molar-refractivity contribution < 1.29 is 14.3 Å². The van der Waals surface area contributed by atoms with Crippen LogP contribution in [0.1, 0.15) is 30.9 Å². The Hall–Kier alpha value is -1.88. The Bertz CT molecular complexity index is 551. The summed E-state index contributed by atoms with van der Waals surface area (Å²) >= 11 is 0. The SMILES string of the molecule is CC(=O)N(CC(=O)Nc1cccc(C)c1C)CC1CCCO1. The number of nitrogens with one attached hydrogen (secondary N) is 1. The van der Waals surface area contributed by atoms with Crippen LogP contribution in [0.25, 0.3) is 0 Å². The fourth-order valence-corrected chi connectivity index (χ4v) is 2.59. The van der Waals surface area contributed by atoms with Gasteiger partial charge < -0.3 is 15.0 Å². The largest absolute Gasteiger partial charge is 0.376 e. The molecule has 1 fully saturated rings. The summed E-state index contributed by atoms with van der Waals surface area (Å²) in [5.41, 5.74) is 2.97. The monoisotopic (exact) mass is 304 g/mol. The molecule has 5 heteroatoms. The Labute approximate surface area is 131 Å². The standard InChI is InChI=1S/C17H24N2O3/c1-12-6-4-8-16(13(12)2)18-17(21)11-19(14(3)20)10-15-7-5-9-22-15/h4,6,8,15H,5,7,9-11H2,1-3H3,(H,18,21). The van der Waals surface area contributed by atoms with E-state index >= 15 is 0 Å². The first-order valence-electron chi connectivity index (χ1n) is 7.70. The molecular formula is C17H24N2O3. The summed E-state index contributed by atoms with van der Waals surface area (Å²) < 4.78 is 5.54. The van der Waals surface area contributed by atoms with Crippen molar-refractivity contribution in [1.29, 1.82) is 0 Å².